The van der Waals surface area contributed by atoms with Crippen LogP contribution in [0.1, 0.15) is 37.5 Å². The first-order chi connectivity index (χ1) is 14.2. The van der Waals surface area contributed by atoms with Crippen molar-refractivity contribution in [3.05, 3.63) is 65.0 Å². The first-order valence-corrected chi connectivity index (χ1v) is 10.2. The van der Waals surface area contributed by atoms with Crippen LogP contribution in [0.5, 0.6) is 5.75 Å². The van der Waals surface area contributed by atoms with Gasteiger partial charge in [-0.15, -0.1) is 0 Å². The Morgan fingerprint density at radius 1 is 1.07 bits per heavy atom. The van der Waals surface area contributed by atoms with E-state index < -0.39 is 6.04 Å². The van der Waals surface area contributed by atoms with Gasteiger partial charge in [-0.3, -0.25) is 9.59 Å². The summed E-state index contributed by atoms with van der Waals surface area (Å²) in [5.74, 6) is 0.0394. The van der Waals surface area contributed by atoms with Gasteiger partial charge in [0.15, 0.2) is 6.61 Å². The van der Waals surface area contributed by atoms with Crippen LogP contribution in [0.25, 0.3) is 0 Å². The molecule has 1 atom stereocenters. The van der Waals surface area contributed by atoms with E-state index in [9.17, 15) is 14.0 Å². The maximum atomic E-state index is 13.3. The molecule has 0 saturated carbocycles. The normalized spacial score (nSPS) is 11.8. The van der Waals surface area contributed by atoms with Gasteiger partial charge in [-0.25, -0.2) is 4.39 Å². The molecule has 0 heterocycles. The van der Waals surface area contributed by atoms with Crippen LogP contribution >= 0.6 is 0 Å². The van der Waals surface area contributed by atoms with Crippen molar-refractivity contribution < 1.29 is 18.7 Å². The third-order valence-electron chi connectivity index (χ3n) is 4.80. The number of carbonyl (C=O) groups is 2. The second-order valence-electron chi connectivity index (χ2n) is 8.02. The van der Waals surface area contributed by atoms with E-state index in [1.165, 1.54) is 17.0 Å². The van der Waals surface area contributed by atoms with Crippen molar-refractivity contribution in [1.82, 2.24) is 10.2 Å². The lowest BCUT2D eigenvalue weighted by Crippen LogP contribution is -2.49. The minimum absolute atomic E-state index is 0.186. The molecule has 0 bridgehead atoms. The van der Waals surface area contributed by atoms with Crippen molar-refractivity contribution in [3.63, 3.8) is 0 Å². The van der Waals surface area contributed by atoms with Crippen molar-refractivity contribution in [1.29, 1.82) is 0 Å². The predicted molar refractivity (Wildman–Crippen MR) is 116 cm³/mol. The van der Waals surface area contributed by atoms with E-state index in [1.807, 2.05) is 45.9 Å². The highest BCUT2D eigenvalue weighted by Gasteiger charge is 2.26. The van der Waals surface area contributed by atoms with Gasteiger partial charge in [-0.1, -0.05) is 43.7 Å². The zero-order valence-corrected chi connectivity index (χ0v) is 18.4. The Morgan fingerprint density at radius 3 is 2.33 bits per heavy atom. The van der Waals surface area contributed by atoms with Gasteiger partial charge in [0.2, 0.25) is 5.91 Å². The number of aryl methyl sites for hydroxylation is 2. The molecule has 0 aromatic heterocycles. The summed E-state index contributed by atoms with van der Waals surface area (Å²) in [6, 6.07) is 11.0. The smallest absolute Gasteiger partial charge is 0.261 e. The summed E-state index contributed by atoms with van der Waals surface area (Å²) in [7, 11) is 0. The standard InChI is InChI=1S/C24H31FN2O3/c1-16(2)13-26-24(29)19(5)27(14-20-7-9-21(25)10-8-20)23(28)15-30-22-11-6-17(3)12-18(22)4/h6-12,16,19H,13-15H2,1-5H3,(H,26,29). The number of nitrogens with one attached hydrogen (secondary N) is 1. The zero-order chi connectivity index (χ0) is 22.3. The van der Waals surface area contributed by atoms with Gasteiger partial charge in [0.05, 0.1) is 0 Å². The summed E-state index contributed by atoms with van der Waals surface area (Å²) in [5, 5.41) is 2.87. The van der Waals surface area contributed by atoms with Crippen molar-refractivity contribution in [2.75, 3.05) is 13.2 Å². The number of amides is 2. The number of benzene rings is 2. The third kappa shape index (κ3) is 6.87. The summed E-state index contributed by atoms with van der Waals surface area (Å²) in [6.07, 6.45) is 0. The molecule has 0 aliphatic heterocycles. The van der Waals surface area contributed by atoms with E-state index in [0.29, 0.717) is 18.2 Å². The van der Waals surface area contributed by atoms with Crippen molar-refractivity contribution in [2.24, 2.45) is 5.92 Å². The molecule has 0 radical (unpaired) electrons. The second-order valence-corrected chi connectivity index (χ2v) is 8.02. The number of hydrogen-bond acceptors (Lipinski definition) is 3. The predicted octanol–water partition coefficient (Wildman–Crippen LogP) is 4.01. The summed E-state index contributed by atoms with van der Waals surface area (Å²) in [4.78, 5) is 27.1. The Labute approximate surface area is 178 Å². The number of halogens is 1. The van der Waals surface area contributed by atoms with E-state index in [4.69, 9.17) is 4.74 Å². The molecule has 0 spiro atoms. The Balaban J connectivity index is 2.14. The second kappa shape index (κ2) is 10.8. The first-order valence-electron chi connectivity index (χ1n) is 10.2. The highest BCUT2D eigenvalue weighted by molar-refractivity contribution is 5.88. The summed E-state index contributed by atoms with van der Waals surface area (Å²) >= 11 is 0. The molecule has 2 rings (SSSR count). The average molecular weight is 415 g/mol. The minimum Gasteiger partial charge on any atom is -0.483 e. The highest BCUT2D eigenvalue weighted by Crippen LogP contribution is 2.19. The molecule has 5 nitrogen and oxygen atoms in total. The summed E-state index contributed by atoms with van der Waals surface area (Å²) in [6.45, 7) is 10.1. The third-order valence-corrected chi connectivity index (χ3v) is 4.80. The lowest BCUT2D eigenvalue weighted by Gasteiger charge is -2.29. The minimum atomic E-state index is -0.691. The van der Waals surface area contributed by atoms with Crippen LogP contribution in [-0.2, 0) is 16.1 Å². The molecule has 1 N–H and O–H groups in total. The molecular weight excluding hydrogens is 383 g/mol. The zero-order valence-electron chi connectivity index (χ0n) is 18.4. The Kier molecular flexibility index (Phi) is 8.39. The average Bonchev–Trinajstić information content (AvgIpc) is 2.70. The monoisotopic (exact) mass is 414 g/mol. The Morgan fingerprint density at radius 2 is 1.73 bits per heavy atom. The van der Waals surface area contributed by atoms with E-state index in [0.717, 1.165) is 16.7 Å². The van der Waals surface area contributed by atoms with E-state index in [1.54, 1.807) is 19.1 Å². The number of nitrogens with zero attached hydrogens (tertiary/aromatic N) is 1. The van der Waals surface area contributed by atoms with Crippen LogP contribution < -0.4 is 10.1 Å². The molecule has 6 heteroatoms. The van der Waals surface area contributed by atoms with Crippen LogP contribution in [0.3, 0.4) is 0 Å². The van der Waals surface area contributed by atoms with E-state index in [2.05, 4.69) is 5.32 Å². The molecule has 2 aromatic rings. The molecular formula is C24H31FN2O3. The molecule has 2 amide bonds. The van der Waals surface area contributed by atoms with Crippen LogP contribution in [-0.4, -0.2) is 35.9 Å². The van der Waals surface area contributed by atoms with E-state index >= 15 is 0 Å². The van der Waals surface area contributed by atoms with Crippen LogP contribution in [0, 0.1) is 25.6 Å². The number of hydrogen-bond donors (Lipinski definition) is 1. The van der Waals surface area contributed by atoms with Crippen molar-refractivity contribution in [3.8, 4) is 5.75 Å². The van der Waals surface area contributed by atoms with Crippen molar-refractivity contribution >= 4 is 11.8 Å². The van der Waals surface area contributed by atoms with Gasteiger partial charge in [-0.05, 0) is 56.0 Å². The molecule has 0 aliphatic carbocycles. The van der Waals surface area contributed by atoms with Gasteiger partial charge in [0.25, 0.3) is 5.91 Å². The van der Waals surface area contributed by atoms with Gasteiger partial charge in [-0.2, -0.15) is 0 Å². The van der Waals surface area contributed by atoms with Crippen molar-refractivity contribution in [2.45, 2.75) is 47.2 Å². The van der Waals surface area contributed by atoms with Crippen LogP contribution in [0.2, 0.25) is 0 Å². The fraction of sp³-hybridized carbons (Fsp3) is 0.417. The van der Waals surface area contributed by atoms with Gasteiger partial charge >= 0.3 is 0 Å². The Hall–Kier alpha value is -2.89. The largest absolute Gasteiger partial charge is 0.483 e. The molecule has 0 aliphatic rings. The highest BCUT2D eigenvalue weighted by atomic mass is 19.1. The molecule has 0 saturated heterocycles. The first kappa shape index (κ1) is 23.4. The number of ether oxygens (including phenoxy) is 1. The van der Waals surface area contributed by atoms with Gasteiger partial charge < -0.3 is 15.0 Å². The SMILES string of the molecule is Cc1ccc(OCC(=O)N(Cc2ccc(F)cc2)C(C)C(=O)NCC(C)C)c(C)c1. The van der Waals surface area contributed by atoms with Gasteiger partial charge in [0, 0.05) is 13.1 Å². The summed E-state index contributed by atoms with van der Waals surface area (Å²) in [5.41, 5.74) is 2.79. The summed E-state index contributed by atoms with van der Waals surface area (Å²) < 4.78 is 19.0. The van der Waals surface area contributed by atoms with Crippen LogP contribution in [0.4, 0.5) is 4.39 Å². The fourth-order valence-electron chi connectivity index (χ4n) is 3.01. The number of rotatable bonds is 9. The van der Waals surface area contributed by atoms with Gasteiger partial charge in [0.1, 0.15) is 17.6 Å². The lowest BCUT2D eigenvalue weighted by atomic mass is 10.1. The Bertz CT molecular complexity index is 865. The quantitative estimate of drug-likeness (QED) is 0.674. The molecule has 162 valence electrons. The maximum absolute atomic E-state index is 13.3. The molecule has 0 fully saturated rings. The molecule has 2 aromatic carbocycles. The topological polar surface area (TPSA) is 58.6 Å². The van der Waals surface area contributed by atoms with E-state index in [-0.39, 0.29) is 30.8 Å². The maximum Gasteiger partial charge on any atom is 0.261 e. The fourth-order valence-corrected chi connectivity index (χ4v) is 3.01. The molecule has 30 heavy (non-hydrogen) atoms. The lowest BCUT2D eigenvalue weighted by molar-refractivity contribution is -0.142. The molecule has 1 unspecified atom stereocenters. The number of carbonyl (C=O) groups excluding carboxylic acids is 2. The van der Waals surface area contributed by atoms with Crippen LogP contribution in [0.15, 0.2) is 42.5 Å².